The smallest absolute Gasteiger partial charge is 0.0770 e. The van der Waals surface area contributed by atoms with Crippen molar-refractivity contribution in [1.82, 2.24) is 0 Å². The van der Waals surface area contributed by atoms with Gasteiger partial charge in [0.15, 0.2) is 0 Å². The first-order chi connectivity index (χ1) is 8.36. The van der Waals surface area contributed by atoms with E-state index in [1.165, 1.54) is 0 Å². The lowest BCUT2D eigenvalue weighted by atomic mass is 10.2. The van der Waals surface area contributed by atoms with Crippen LogP contribution in [0.3, 0.4) is 0 Å². The third kappa shape index (κ3) is 3.65. The fourth-order valence-corrected chi connectivity index (χ4v) is 1.84. The van der Waals surface area contributed by atoms with Gasteiger partial charge >= 0.3 is 0 Å². The number of hydrogen-bond acceptors (Lipinski definition) is 1. The van der Waals surface area contributed by atoms with E-state index >= 15 is 0 Å². The lowest BCUT2D eigenvalue weighted by Crippen LogP contribution is -1.98. The minimum absolute atomic E-state index is 0.636. The molecule has 0 atom stereocenters. The maximum Gasteiger partial charge on any atom is 0.0770 e. The third-order valence-corrected chi connectivity index (χ3v) is 2.94. The largest absolute Gasteiger partial charge is 0.373 e. The van der Waals surface area contributed by atoms with E-state index in [2.05, 4.69) is 33.1 Å². The van der Waals surface area contributed by atoms with E-state index in [0.29, 0.717) is 6.54 Å². The number of hydrogen-bond donors (Lipinski definition) is 1. The van der Waals surface area contributed by atoms with Gasteiger partial charge in [-0.05, 0) is 40.2 Å². The highest BCUT2D eigenvalue weighted by Crippen LogP contribution is 2.20. The van der Waals surface area contributed by atoms with Crippen molar-refractivity contribution < 1.29 is 0 Å². The fraction of sp³-hybridized carbons (Fsp3) is 0.0667. The molecule has 0 amide bonds. The van der Waals surface area contributed by atoms with E-state index in [9.17, 15) is 0 Å². The first kappa shape index (κ1) is 11.8. The van der Waals surface area contributed by atoms with Gasteiger partial charge < -0.3 is 5.32 Å². The van der Waals surface area contributed by atoms with Crippen LogP contribution in [0.4, 0.5) is 5.69 Å². The summed E-state index contributed by atoms with van der Waals surface area (Å²) in [6.45, 7) is 0.636. The van der Waals surface area contributed by atoms with Crippen molar-refractivity contribution in [3.8, 4) is 11.8 Å². The first-order valence-electron chi connectivity index (χ1n) is 5.38. The van der Waals surface area contributed by atoms with E-state index in [0.717, 1.165) is 15.7 Å². The van der Waals surface area contributed by atoms with Crippen molar-refractivity contribution in [2.45, 2.75) is 0 Å². The van der Waals surface area contributed by atoms with Crippen LogP contribution in [0.15, 0.2) is 59.1 Å². The van der Waals surface area contributed by atoms with Crippen LogP contribution in [0.5, 0.6) is 0 Å². The summed E-state index contributed by atoms with van der Waals surface area (Å²) in [7, 11) is 0. The predicted octanol–water partition coefficient (Wildman–Crippen LogP) is 3.91. The van der Waals surface area contributed by atoms with Crippen molar-refractivity contribution in [2.75, 3.05) is 11.9 Å². The van der Waals surface area contributed by atoms with E-state index in [1.807, 2.05) is 54.6 Å². The van der Waals surface area contributed by atoms with Gasteiger partial charge in [0.2, 0.25) is 0 Å². The molecule has 2 aromatic carbocycles. The Balaban J connectivity index is 1.93. The highest BCUT2D eigenvalue weighted by Gasteiger charge is 1.94. The molecule has 2 rings (SSSR count). The normalized spacial score (nSPS) is 9.24. The molecule has 0 radical (unpaired) electrons. The molecule has 0 saturated heterocycles. The number of anilines is 1. The second-order valence-electron chi connectivity index (χ2n) is 3.50. The van der Waals surface area contributed by atoms with Gasteiger partial charge in [-0.3, -0.25) is 0 Å². The molecule has 1 nitrogen and oxygen atoms in total. The topological polar surface area (TPSA) is 12.0 Å². The molecule has 0 heterocycles. The maximum atomic E-state index is 3.48. The van der Waals surface area contributed by atoms with Crippen LogP contribution in [0.1, 0.15) is 5.56 Å². The third-order valence-electron chi connectivity index (χ3n) is 2.25. The summed E-state index contributed by atoms with van der Waals surface area (Å²) in [5.41, 5.74) is 2.11. The minimum atomic E-state index is 0.636. The number of rotatable bonds is 2. The van der Waals surface area contributed by atoms with E-state index in [1.54, 1.807) is 0 Å². The van der Waals surface area contributed by atoms with Gasteiger partial charge in [0.25, 0.3) is 0 Å². The quantitative estimate of drug-likeness (QED) is 0.825. The summed E-state index contributed by atoms with van der Waals surface area (Å²) in [6, 6.07) is 18.0. The van der Waals surface area contributed by atoms with Crippen LogP contribution in [-0.4, -0.2) is 6.54 Å². The highest BCUT2D eigenvalue weighted by atomic mass is 79.9. The van der Waals surface area contributed by atoms with Gasteiger partial charge in [-0.25, -0.2) is 0 Å². The van der Waals surface area contributed by atoms with Crippen LogP contribution < -0.4 is 5.32 Å². The Hall–Kier alpha value is -1.72. The lowest BCUT2D eigenvalue weighted by molar-refractivity contribution is 1.37. The molecular formula is C15H12BrN. The lowest BCUT2D eigenvalue weighted by Gasteiger charge is -2.03. The molecule has 17 heavy (non-hydrogen) atoms. The van der Waals surface area contributed by atoms with Gasteiger partial charge in [-0.15, -0.1) is 0 Å². The number of nitrogens with one attached hydrogen (secondary N) is 1. The predicted molar refractivity (Wildman–Crippen MR) is 76.0 cm³/mol. The molecular weight excluding hydrogens is 274 g/mol. The minimum Gasteiger partial charge on any atom is -0.373 e. The molecule has 0 aliphatic rings. The van der Waals surface area contributed by atoms with Crippen molar-refractivity contribution in [3.63, 3.8) is 0 Å². The monoisotopic (exact) mass is 285 g/mol. The molecule has 0 saturated carbocycles. The van der Waals surface area contributed by atoms with Gasteiger partial charge in [0, 0.05) is 15.7 Å². The Morgan fingerprint density at radius 3 is 2.41 bits per heavy atom. The Kier molecular flexibility index (Phi) is 4.23. The fourth-order valence-electron chi connectivity index (χ4n) is 1.41. The van der Waals surface area contributed by atoms with Gasteiger partial charge in [0.05, 0.1) is 6.54 Å². The average molecular weight is 286 g/mol. The first-order valence-corrected chi connectivity index (χ1v) is 6.18. The molecule has 0 unspecified atom stereocenters. The Labute approximate surface area is 110 Å². The zero-order valence-electron chi connectivity index (χ0n) is 9.28. The molecule has 2 aromatic rings. The second-order valence-corrected chi connectivity index (χ2v) is 4.36. The standard InChI is InChI=1S/C15H12BrN/c16-14-10-4-5-11-15(14)17-12-6-9-13-7-2-1-3-8-13/h1-5,7-8,10-11,17H,12H2. The van der Waals surface area contributed by atoms with E-state index in [-0.39, 0.29) is 0 Å². The van der Waals surface area contributed by atoms with Crippen molar-refractivity contribution in [3.05, 3.63) is 64.6 Å². The molecule has 2 heteroatoms. The van der Waals surface area contributed by atoms with Crippen LogP contribution in [0, 0.1) is 11.8 Å². The molecule has 0 spiro atoms. The maximum absolute atomic E-state index is 3.48. The number of halogens is 1. The average Bonchev–Trinajstić information content (AvgIpc) is 2.38. The van der Waals surface area contributed by atoms with E-state index in [4.69, 9.17) is 0 Å². The summed E-state index contributed by atoms with van der Waals surface area (Å²) < 4.78 is 1.06. The van der Waals surface area contributed by atoms with Crippen LogP contribution in [-0.2, 0) is 0 Å². The Morgan fingerprint density at radius 2 is 1.65 bits per heavy atom. The molecule has 1 N–H and O–H groups in total. The summed E-state index contributed by atoms with van der Waals surface area (Å²) in [5, 5.41) is 3.26. The molecule has 84 valence electrons. The Bertz CT molecular complexity index is 538. The molecule has 0 aliphatic carbocycles. The zero-order valence-corrected chi connectivity index (χ0v) is 10.9. The number of para-hydroxylation sites is 1. The van der Waals surface area contributed by atoms with Gasteiger partial charge in [-0.2, -0.15) is 0 Å². The number of benzene rings is 2. The zero-order chi connectivity index (χ0) is 11.9. The summed E-state index contributed by atoms with van der Waals surface area (Å²) in [6.07, 6.45) is 0. The summed E-state index contributed by atoms with van der Waals surface area (Å²) in [5.74, 6) is 6.20. The molecule has 0 bridgehead atoms. The van der Waals surface area contributed by atoms with E-state index < -0.39 is 0 Å². The summed E-state index contributed by atoms with van der Waals surface area (Å²) in [4.78, 5) is 0. The Morgan fingerprint density at radius 1 is 0.941 bits per heavy atom. The summed E-state index contributed by atoms with van der Waals surface area (Å²) >= 11 is 3.48. The van der Waals surface area contributed by atoms with Crippen LogP contribution in [0.25, 0.3) is 0 Å². The van der Waals surface area contributed by atoms with Crippen LogP contribution in [0.2, 0.25) is 0 Å². The molecule has 0 fully saturated rings. The van der Waals surface area contributed by atoms with Crippen molar-refractivity contribution >= 4 is 21.6 Å². The molecule has 0 aromatic heterocycles. The van der Waals surface area contributed by atoms with Crippen LogP contribution >= 0.6 is 15.9 Å². The van der Waals surface area contributed by atoms with Crippen molar-refractivity contribution in [2.24, 2.45) is 0 Å². The molecule has 0 aliphatic heterocycles. The SMILES string of the molecule is Brc1ccccc1NCC#Cc1ccccc1. The highest BCUT2D eigenvalue weighted by molar-refractivity contribution is 9.10. The van der Waals surface area contributed by atoms with Crippen molar-refractivity contribution in [1.29, 1.82) is 0 Å². The van der Waals surface area contributed by atoms with Gasteiger partial charge in [0.1, 0.15) is 0 Å². The van der Waals surface area contributed by atoms with Gasteiger partial charge in [-0.1, -0.05) is 42.2 Å². The second kappa shape index (κ2) is 6.12.